The number of hydrogen-bond donors (Lipinski definition) is 1. The average molecular weight is 337 g/mol. The molecule has 4 rings (SSSR count). The van der Waals surface area contributed by atoms with E-state index in [2.05, 4.69) is 15.1 Å². The fraction of sp³-hybridized carbons (Fsp3) is 0.235. The molecule has 3 aromatic rings. The molecule has 0 spiro atoms. The monoisotopic (exact) mass is 337 g/mol. The van der Waals surface area contributed by atoms with Gasteiger partial charge in [-0.1, -0.05) is 24.3 Å². The van der Waals surface area contributed by atoms with Crippen LogP contribution in [0.4, 0.5) is 0 Å². The minimum Gasteiger partial charge on any atom is -0.480 e. The third-order valence-corrected chi connectivity index (χ3v) is 4.42. The maximum Gasteiger partial charge on any atom is 0.326 e. The molecule has 8 nitrogen and oxygen atoms in total. The summed E-state index contributed by atoms with van der Waals surface area (Å²) in [6.45, 7) is 2.04. The number of aromatic nitrogens is 4. The van der Waals surface area contributed by atoms with Crippen LogP contribution >= 0.6 is 0 Å². The van der Waals surface area contributed by atoms with Crippen molar-refractivity contribution in [2.24, 2.45) is 0 Å². The van der Waals surface area contributed by atoms with Gasteiger partial charge in [0.1, 0.15) is 6.04 Å². The second-order valence-electron chi connectivity index (χ2n) is 5.99. The van der Waals surface area contributed by atoms with Crippen LogP contribution in [0.25, 0.3) is 5.78 Å². The number of carbonyl (C=O) groups excluding carboxylic acids is 1. The number of carbonyl (C=O) groups is 2. The summed E-state index contributed by atoms with van der Waals surface area (Å²) in [5.41, 5.74) is 2.67. The van der Waals surface area contributed by atoms with E-state index in [1.807, 2.05) is 31.2 Å². The molecule has 1 atom stereocenters. The summed E-state index contributed by atoms with van der Waals surface area (Å²) in [6, 6.07) is 8.35. The Bertz CT molecular complexity index is 997. The maximum atomic E-state index is 12.9. The van der Waals surface area contributed by atoms with Gasteiger partial charge in [0.05, 0.1) is 0 Å². The van der Waals surface area contributed by atoms with Crippen molar-refractivity contribution in [3.05, 3.63) is 59.2 Å². The summed E-state index contributed by atoms with van der Waals surface area (Å²) in [7, 11) is 0. The highest BCUT2D eigenvalue weighted by Gasteiger charge is 2.36. The highest BCUT2D eigenvalue weighted by molar-refractivity contribution is 5.94. The summed E-state index contributed by atoms with van der Waals surface area (Å²) in [6.07, 6.45) is 1.85. The Labute approximate surface area is 142 Å². The van der Waals surface area contributed by atoms with E-state index >= 15 is 0 Å². The molecule has 0 aliphatic carbocycles. The Balaban J connectivity index is 1.74. The van der Waals surface area contributed by atoms with E-state index in [9.17, 15) is 14.7 Å². The van der Waals surface area contributed by atoms with Crippen molar-refractivity contribution in [1.29, 1.82) is 0 Å². The number of rotatable bonds is 2. The predicted octanol–water partition coefficient (Wildman–Crippen LogP) is 1.08. The van der Waals surface area contributed by atoms with Gasteiger partial charge in [0.15, 0.2) is 0 Å². The fourth-order valence-corrected chi connectivity index (χ4v) is 3.08. The maximum absolute atomic E-state index is 12.9. The molecular weight excluding hydrogens is 322 g/mol. The molecular formula is C17H15N5O3. The Morgan fingerprint density at radius 1 is 1.20 bits per heavy atom. The molecule has 1 aromatic carbocycles. The van der Waals surface area contributed by atoms with Crippen LogP contribution in [0.3, 0.4) is 0 Å². The summed E-state index contributed by atoms with van der Waals surface area (Å²) in [5, 5.41) is 13.8. The van der Waals surface area contributed by atoms with Crippen molar-refractivity contribution in [3.8, 4) is 0 Å². The lowest BCUT2D eigenvalue weighted by Crippen LogP contribution is -2.49. The molecule has 0 fully saturated rings. The van der Waals surface area contributed by atoms with Crippen molar-refractivity contribution in [2.45, 2.75) is 25.9 Å². The van der Waals surface area contributed by atoms with Crippen LogP contribution in [0.1, 0.15) is 27.4 Å². The van der Waals surface area contributed by atoms with Crippen LogP contribution in [0.2, 0.25) is 0 Å². The topological polar surface area (TPSA) is 101 Å². The highest BCUT2D eigenvalue weighted by atomic mass is 16.4. The number of benzene rings is 1. The minimum absolute atomic E-state index is 0.0487. The van der Waals surface area contributed by atoms with E-state index in [0.717, 1.165) is 16.8 Å². The second-order valence-corrected chi connectivity index (χ2v) is 5.99. The number of nitrogens with zero attached hydrogens (tertiary/aromatic N) is 5. The first-order valence-electron chi connectivity index (χ1n) is 7.83. The first-order chi connectivity index (χ1) is 12.0. The summed E-state index contributed by atoms with van der Waals surface area (Å²) < 4.78 is 1.47. The zero-order valence-corrected chi connectivity index (χ0v) is 13.5. The minimum atomic E-state index is -1.04. The predicted molar refractivity (Wildman–Crippen MR) is 87.0 cm³/mol. The van der Waals surface area contributed by atoms with E-state index in [4.69, 9.17) is 0 Å². The van der Waals surface area contributed by atoms with Crippen molar-refractivity contribution < 1.29 is 14.7 Å². The molecule has 8 heteroatoms. The summed E-state index contributed by atoms with van der Waals surface area (Å²) in [5.74, 6) is -1.28. The van der Waals surface area contributed by atoms with Crippen LogP contribution in [0.15, 0.2) is 36.5 Å². The van der Waals surface area contributed by atoms with Crippen molar-refractivity contribution in [3.63, 3.8) is 0 Å². The zero-order valence-electron chi connectivity index (χ0n) is 13.5. The van der Waals surface area contributed by atoms with Gasteiger partial charge in [0, 0.05) is 24.9 Å². The van der Waals surface area contributed by atoms with Crippen LogP contribution in [0, 0.1) is 6.92 Å². The Hall–Kier alpha value is -3.29. The summed E-state index contributed by atoms with van der Waals surface area (Å²) >= 11 is 0. The van der Waals surface area contributed by atoms with Gasteiger partial charge >= 0.3 is 5.97 Å². The number of aryl methyl sites for hydroxylation is 1. The number of hydrogen-bond acceptors (Lipinski definition) is 5. The first kappa shape index (κ1) is 15.3. The van der Waals surface area contributed by atoms with E-state index in [-0.39, 0.29) is 18.8 Å². The number of fused-ring (bicyclic) bond motifs is 2. The second kappa shape index (κ2) is 5.66. The average Bonchev–Trinajstić information content (AvgIpc) is 3.05. The van der Waals surface area contributed by atoms with Crippen molar-refractivity contribution in [2.75, 3.05) is 0 Å². The van der Waals surface area contributed by atoms with Crippen LogP contribution in [-0.2, 0) is 17.8 Å². The Kier molecular flexibility index (Phi) is 3.45. The standard InChI is InChI=1S/C17H15N5O3/c1-10-6-7-18-17-19-14(20-22(10)17)15(23)21-9-12-5-3-2-4-11(12)8-13(21)16(24)25/h2-7,13H,8-9H2,1H3,(H,24,25)/t13-/m1/s1. The molecule has 126 valence electrons. The zero-order chi connectivity index (χ0) is 17.6. The lowest BCUT2D eigenvalue weighted by atomic mass is 9.94. The lowest BCUT2D eigenvalue weighted by molar-refractivity contribution is -0.142. The molecule has 1 aliphatic heterocycles. The molecule has 0 saturated carbocycles. The van der Waals surface area contributed by atoms with Crippen molar-refractivity contribution >= 4 is 17.7 Å². The molecule has 2 aromatic heterocycles. The molecule has 1 aliphatic rings. The van der Waals surface area contributed by atoms with Gasteiger partial charge in [0.25, 0.3) is 11.7 Å². The van der Waals surface area contributed by atoms with Crippen LogP contribution in [-0.4, -0.2) is 47.5 Å². The molecule has 1 amide bonds. The van der Waals surface area contributed by atoms with Gasteiger partial charge < -0.3 is 10.0 Å². The molecule has 0 saturated heterocycles. The fourth-order valence-electron chi connectivity index (χ4n) is 3.08. The molecule has 25 heavy (non-hydrogen) atoms. The molecule has 1 N–H and O–H groups in total. The normalized spacial score (nSPS) is 16.7. The molecule has 0 bridgehead atoms. The third kappa shape index (κ3) is 2.51. The Morgan fingerprint density at radius 3 is 2.68 bits per heavy atom. The molecule has 3 heterocycles. The quantitative estimate of drug-likeness (QED) is 0.751. The third-order valence-electron chi connectivity index (χ3n) is 4.42. The number of amides is 1. The first-order valence-corrected chi connectivity index (χ1v) is 7.83. The Morgan fingerprint density at radius 2 is 1.96 bits per heavy atom. The number of aliphatic carboxylic acids is 1. The van der Waals surface area contributed by atoms with Gasteiger partial charge in [-0.3, -0.25) is 4.79 Å². The van der Waals surface area contributed by atoms with Gasteiger partial charge in [0.2, 0.25) is 5.82 Å². The van der Waals surface area contributed by atoms with E-state index < -0.39 is 17.9 Å². The van der Waals surface area contributed by atoms with E-state index in [1.54, 1.807) is 12.3 Å². The van der Waals surface area contributed by atoms with E-state index in [0.29, 0.717) is 5.78 Å². The summed E-state index contributed by atoms with van der Waals surface area (Å²) in [4.78, 5) is 34.1. The van der Waals surface area contributed by atoms with Gasteiger partial charge in [-0.25, -0.2) is 14.3 Å². The van der Waals surface area contributed by atoms with Crippen molar-refractivity contribution in [1.82, 2.24) is 24.5 Å². The largest absolute Gasteiger partial charge is 0.480 e. The van der Waals surface area contributed by atoms with Gasteiger partial charge in [-0.15, -0.1) is 5.10 Å². The molecule has 0 unspecified atom stereocenters. The van der Waals surface area contributed by atoms with Crippen LogP contribution < -0.4 is 0 Å². The van der Waals surface area contributed by atoms with Gasteiger partial charge in [-0.2, -0.15) is 4.98 Å². The lowest BCUT2D eigenvalue weighted by Gasteiger charge is -2.33. The number of carboxylic acid groups (broad SMARTS) is 1. The van der Waals surface area contributed by atoms with Gasteiger partial charge in [-0.05, 0) is 24.1 Å². The number of carboxylic acids is 1. The molecule has 0 radical (unpaired) electrons. The highest BCUT2D eigenvalue weighted by Crippen LogP contribution is 2.24. The van der Waals surface area contributed by atoms with E-state index in [1.165, 1.54) is 9.42 Å². The smallest absolute Gasteiger partial charge is 0.326 e. The van der Waals surface area contributed by atoms with Crippen LogP contribution in [0.5, 0.6) is 0 Å². The SMILES string of the molecule is Cc1ccnc2nc(C(=O)N3Cc4ccccc4C[C@@H]3C(=O)O)nn12.